The SMILES string of the molecule is [O]=[AlH].[O]=[Mn]. The molecule has 0 aliphatic rings. The summed E-state index contributed by atoms with van der Waals surface area (Å²) >= 11 is 2.30. The molecule has 23 valence electrons. The Balaban J connectivity index is 0. The van der Waals surface area contributed by atoms with Crippen LogP contribution >= 0.6 is 0 Å². The molecule has 0 aliphatic carbocycles. The quantitative estimate of drug-likeness (QED) is 0.384. The van der Waals surface area contributed by atoms with Gasteiger partial charge in [-0.15, -0.1) is 0 Å². The van der Waals surface area contributed by atoms with Gasteiger partial charge in [-0.1, -0.05) is 0 Å². The van der Waals surface area contributed by atoms with Crippen LogP contribution in [0.4, 0.5) is 0 Å². The Bertz CT molecular complexity index is 8.00. The predicted octanol–water partition coefficient (Wildman–Crippen LogP) is -0.889. The average molecular weight is 115 g/mol. The first-order valence-electron chi connectivity index (χ1n) is 0.443. The number of hydrogen-bond donors (Lipinski definition) is 0. The van der Waals surface area contributed by atoms with E-state index in [1.54, 1.807) is 15.9 Å². The van der Waals surface area contributed by atoms with E-state index in [-0.39, 0.29) is 0 Å². The summed E-state index contributed by atoms with van der Waals surface area (Å²) in [4.78, 5) is 0. The fourth-order valence-electron chi connectivity index (χ4n) is 0. The van der Waals surface area contributed by atoms with Crippen molar-refractivity contribution in [2.75, 3.05) is 0 Å². The normalized spacial score (nSPS) is 1.75. The van der Waals surface area contributed by atoms with Gasteiger partial charge in [-0.25, -0.2) is 0 Å². The molecule has 0 unspecified atom stereocenters. The van der Waals surface area contributed by atoms with Crippen molar-refractivity contribution in [1.29, 1.82) is 0 Å². The monoisotopic (exact) mass is 115 g/mol. The van der Waals surface area contributed by atoms with Gasteiger partial charge in [0.2, 0.25) is 0 Å². The van der Waals surface area contributed by atoms with Crippen molar-refractivity contribution in [3.63, 3.8) is 0 Å². The zero-order valence-electron chi connectivity index (χ0n) is 1.90. The molecule has 0 aromatic heterocycles. The summed E-state index contributed by atoms with van der Waals surface area (Å²) in [5.74, 6) is 0. The third-order valence-corrected chi connectivity index (χ3v) is 0. The van der Waals surface area contributed by atoms with Gasteiger partial charge < -0.3 is 0 Å². The molecule has 0 atom stereocenters. The van der Waals surface area contributed by atoms with Crippen molar-refractivity contribution in [1.82, 2.24) is 0 Å². The van der Waals surface area contributed by atoms with E-state index in [4.69, 9.17) is 7.64 Å². The van der Waals surface area contributed by atoms with Crippen molar-refractivity contribution >= 4 is 16.2 Å². The molecule has 4 heteroatoms. The predicted molar refractivity (Wildman–Crippen MR) is 8.52 cm³/mol. The summed E-state index contributed by atoms with van der Waals surface area (Å²) in [6.07, 6.45) is 0. The molecule has 2 nitrogen and oxygen atoms in total. The van der Waals surface area contributed by atoms with E-state index < -0.39 is 0 Å². The van der Waals surface area contributed by atoms with Gasteiger partial charge in [0.1, 0.15) is 0 Å². The summed E-state index contributed by atoms with van der Waals surface area (Å²) in [5.41, 5.74) is 0. The second-order valence-corrected chi connectivity index (χ2v) is 0. The first-order chi connectivity index (χ1) is 2.00. The Hall–Kier alpha value is 0.652. The van der Waals surface area contributed by atoms with Crippen LogP contribution in [0.15, 0.2) is 0 Å². The molecule has 4 heavy (non-hydrogen) atoms. The molecule has 0 radical (unpaired) electrons. The van der Waals surface area contributed by atoms with Crippen LogP contribution in [0.5, 0.6) is 0 Å². The molecular weight excluding hydrogens is 114 g/mol. The third-order valence-electron chi connectivity index (χ3n) is 0. The summed E-state index contributed by atoms with van der Waals surface area (Å²) in [6, 6.07) is 0. The van der Waals surface area contributed by atoms with Gasteiger partial charge in [0.05, 0.1) is 0 Å². The van der Waals surface area contributed by atoms with Crippen LogP contribution in [0.1, 0.15) is 0 Å². The Morgan fingerprint density at radius 2 is 1.25 bits per heavy atom. The Labute approximate surface area is 40.2 Å². The van der Waals surface area contributed by atoms with Crippen LogP contribution in [-0.2, 0) is 23.6 Å². The van der Waals surface area contributed by atoms with Gasteiger partial charge in [0.25, 0.3) is 0 Å². The van der Waals surface area contributed by atoms with Crippen LogP contribution < -0.4 is 0 Å². The van der Waals surface area contributed by atoms with Crippen LogP contribution in [0.2, 0.25) is 0 Å². The second kappa shape index (κ2) is 60.4. The number of rotatable bonds is 0. The van der Waals surface area contributed by atoms with E-state index in [9.17, 15) is 0 Å². The summed E-state index contributed by atoms with van der Waals surface area (Å²) in [6.45, 7) is 0. The van der Waals surface area contributed by atoms with Gasteiger partial charge in [0, 0.05) is 0 Å². The molecule has 0 spiro atoms. The van der Waals surface area contributed by atoms with Crippen molar-refractivity contribution in [2.45, 2.75) is 0 Å². The van der Waals surface area contributed by atoms with Gasteiger partial charge in [-0.3, -0.25) is 0 Å². The van der Waals surface area contributed by atoms with E-state index >= 15 is 0 Å². The average Bonchev–Trinajstić information content (AvgIpc) is 1.50. The molecule has 0 aromatic carbocycles. The van der Waals surface area contributed by atoms with Crippen LogP contribution in [0.25, 0.3) is 0 Å². The van der Waals surface area contributed by atoms with E-state index in [0.717, 1.165) is 0 Å². The van der Waals surface area contributed by atoms with Crippen molar-refractivity contribution in [3.8, 4) is 0 Å². The van der Waals surface area contributed by atoms with Crippen molar-refractivity contribution < 1.29 is 23.6 Å². The van der Waals surface area contributed by atoms with Gasteiger partial charge in [-0.2, -0.15) is 0 Å². The molecular formula is HAlMnO2. The van der Waals surface area contributed by atoms with E-state index in [1.807, 2.05) is 0 Å². The van der Waals surface area contributed by atoms with Gasteiger partial charge in [-0.05, 0) is 0 Å². The zero-order valence-corrected chi connectivity index (χ0v) is 4.50. The zero-order chi connectivity index (χ0) is 4.00. The second-order valence-electron chi connectivity index (χ2n) is 0. The van der Waals surface area contributed by atoms with E-state index in [1.165, 1.54) is 0 Å². The topological polar surface area (TPSA) is 34.1 Å². The van der Waals surface area contributed by atoms with E-state index in [0.29, 0.717) is 16.2 Å². The molecule has 0 bridgehead atoms. The van der Waals surface area contributed by atoms with E-state index in [2.05, 4.69) is 0 Å². The summed E-state index contributed by atoms with van der Waals surface area (Å²) in [5, 5.41) is 0. The van der Waals surface area contributed by atoms with Crippen molar-refractivity contribution in [2.24, 2.45) is 0 Å². The van der Waals surface area contributed by atoms with Gasteiger partial charge in [0.15, 0.2) is 0 Å². The molecule has 0 rings (SSSR count). The molecule has 0 fully saturated rings. The standard InChI is InChI=1S/Al.Mn.2O.H. The van der Waals surface area contributed by atoms with Gasteiger partial charge >= 0.3 is 39.8 Å². The molecule has 0 aliphatic heterocycles. The molecule has 0 amide bonds. The third kappa shape index (κ3) is 17.0. The molecule has 0 saturated heterocycles. The summed E-state index contributed by atoms with van der Waals surface area (Å²) < 4.78 is 16.3. The maximum absolute atomic E-state index is 8.28. The summed E-state index contributed by atoms with van der Waals surface area (Å²) in [7, 11) is 0. The first-order valence-corrected chi connectivity index (χ1v) is 1.50. The molecule has 0 N–H and O–H groups in total. The maximum atomic E-state index is 8.28. The molecule has 0 heterocycles. The van der Waals surface area contributed by atoms with Crippen LogP contribution in [-0.4, -0.2) is 16.2 Å². The molecule has 0 saturated carbocycles. The minimum atomic E-state index is 0.611. The minimum absolute atomic E-state index is 0.611. The van der Waals surface area contributed by atoms with Crippen molar-refractivity contribution in [3.05, 3.63) is 0 Å². The Morgan fingerprint density at radius 1 is 1.25 bits per heavy atom. The Kier molecular flexibility index (Phi) is 133. The fraction of sp³-hybridized carbons (Fsp3) is 0. The van der Waals surface area contributed by atoms with Crippen LogP contribution in [0, 0.1) is 0 Å². The number of hydrogen-bond acceptors (Lipinski definition) is 2. The van der Waals surface area contributed by atoms with Crippen LogP contribution in [0.3, 0.4) is 0 Å². The fourth-order valence-corrected chi connectivity index (χ4v) is 0. The molecule has 0 aromatic rings. The Morgan fingerprint density at radius 3 is 1.25 bits per heavy atom. The first kappa shape index (κ1) is 8.82.